The number of methoxy groups -OCH3 is 1. The van der Waals surface area contributed by atoms with Gasteiger partial charge in [0.1, 0.15) is 12.5 Å². The van der Waals surface area contributed by atoms with Crippen molar-refractivity contribution in [1.29, 1.82) is 0 Å². The van der Waals surface area contributed by atoms with Crippen LogP contribution in [0.5, 0.6) is 5.75 Å². The average Bonchev–Trinajstić information content (AvgIpc) is 2.81. The summed E-state index contributed by atoms with van der Waals surface area (Å²) in [6, 6.07) is 14.1. The summed E-state index contributed by atoms with van der Waals surface area (Å²) in [4.78, 5) is 25.1. The van der Waals surface area contributed by atoms with Gasteiger partial charge in [0.15, 0.2) is 0 Å². The molecule has 0 heterocycles. The molecule has 8 heteroatoms. The van der Waals surface area contributed by atoms with Crippen molar-refractivity contribution in [2.45, 2.75) is 32.7 Å². The van der Waals surface area contributed by atoms with Gasteiger partial charge in [-0.05, 0) is 56.5 Å². The van der Waals surface area contributed by atoms with E-state index in [1.807, 2.05) is 50.2 Å². The Bertz CT molecular complexity index is 839. The molecule has 0 unspecified atom stereocenters. The Morgan fingerprint density at radius 3 is 2.31 bits per heavy atom. The van der Waals surface area contributed by atoms with E-state index in [2.05, 4.69) is 5.32 Å². The van der Waals surface area contributed by atoms with Crippen LogP contribution < -0.4 is 15.5 Å². The predicted octanol–water partition coefficient (Wildman–Crippen LogP) is 2.87. The zero-order chi connectivity index (χ0) is 23.3. The third-order valence-electron chi connectivity index (χ3n) is 5.03. The molecule has 0 aliphatic rings. The van der Waals surface area contributed by atoms with E-state index in [0.717, 1.165) is 11.1 Å². The first kappa shape index (κ1) is 25.3. The molecular weight excluding hydrogens is 412 g/mol. The largest absolute Gasteiger partial charge is 0.497 e. The van der Waals surface area contributed by atoms with Gasteiger partial charge in [-0.1, -0.05) is 29.8 Å². The lowest BCUT2D eigenvalue weighted by molar-refractivity contribution is -0.134. The number of benzene rings is 2. The molecule has 8 nitrogen and oxygen atoms in total. The Morgan fingerprint density at radius 1 is 1.03 bits per heavy atom. The molecule has 2 aromatic carbocycles. The summed E-state index contributed by atoms with van der Waals surface area (Å²) in [6.45, 7) is 4.56. The van der Waals surface area contributed by atoms with Crippen molar-refractivity contribution in [2.24, 2.45) is 5.92 Å². The fraction of sp³-hybridized carbons (Fsp3) is 0.417. The maximum atomic E-state index is 12.7. The highest BCUT2D eigenvalue weighted by Gasteiger charge is 2.25. The molecule has 0 bridgehead atoms. The van der Waals surface area contributed by atoms with Gasteiger partial charge in [-0.25, -0.2) is 5.48 Å². The average molecular weight is 445 g/mol. The van der Waals surface area contributed by atoms with Crippen molar-refractivity contribution in [3.05, 3.63) is 65.2 Å². The molecule has 32 heavy (non-hydrogen) atoms. The molecule has 0 aliphatic carbocycles. The van der Waals surface area contributed by atoms with Gasteiger partial charge in [-0.15, -0.1) is 0 Å². The Morgan fingerprint density at radius 2 is 1.72 bits per heavy atom. The summed E-state index contributed by atoms with van der Waals surface area (Å²) in [7, 11) is 1.58. The molecule has 0 saturated heterocycles. The van der Waals surface area contributed by atoms with Crippen LogP contribution in [0.2, 0.25) is 0 Å². The number of carbonyl (C=O) groups excluding carboxylic acids is 2. The minimum absolute atomic E-state index is 0.0861. The number of hydrogen-bond acceptors (Lipinski definition) is 6. The van der Waals surface area contributed by atoms with E-state index < -0.39 is 17.9 Å². The van der Waals surface area contributed by atoms with Gasteiger partial charge in [0.25, 0.3) is 5.91 Å². The van der Waals surface area contributed by atoms with Crippen molar-refractivity contribution in [3.8, 4) is 5.75 Å². The highest BCUT2D eigenvalue weighted by Crippen LogP contribution is 2.19. The minimum Gasteiger partial charge on any atom is -0.497 e. The molecule has 0 saturated carbocycles. The normalized spacial score (nSPS) is 12.6. The van der Waals surface area contributed by atoms with Crippen molar-refractivity contribution in [2.75, 3.05) is 27.1 Å². The molecule has 2 aromatic rings. The molecule has 0 spiro atoms. The summed E-state index contributed by atoms with van der Waals surface area (Å²) >= 11 is 0. The fourth-order valence-corrected chi connectivity index (χ4v) is 3.24. The third-order valence-corrected chi connectivity index (χ3v) is 5.03. The van der Waals surface area contributed by atoms with E-state index in [0.29, 0.717) is 24.3 Å². The molecule has 0 radical (unpaired) electrons. The summed E-state index contributed by atoms with van der Waals surface area (Å²) in [6.07, 6.45) is 0.640. The Hall–Kier alpha value is -2.94. The fourth-order valence-electron chi connectivity index (χ4n) is 3.24. The maximum Gasteiger partial charge on any atom is 0.251 e. The Balaban J connectivity index is 2.12. The zero-order valence-electron chi connectivity index (χ0n) is 18.8. The van der Waals surface area contributed by atoms with E-state index >= 15 is 0 Å². The van der Waals surface area contributed by atoms with E-state index in [1.54, 1.807) is 24.7 Å². The molecule has 0 fully saturated rings. The smallest absolute Gasteiger partial charge is 0.251 e. The Kier molecular flexibility index (Phi) is 10.7. The number of amides is 2. The van der Waals surface area contributed by atoms with Crippen LogP contribution in [0.4, 0.5) is 0 Å². The summed E-state index contributed by atoms with van der Waals surface area (Å²) in [5.41, 5.74) is 4.21. The van der Waals surface area contributed by atoms with Crippen LogP contribution in [-0.4, -0.2) is 50.2 Å². The second kappa shape index (κ2) is 13.5. The molecule has 174 valence electrons. The second-order valence-electron chi connectivity index (χ2n) is 7.48. The summed E-state index contributed by atoms with van der Waals surface area (Å²) in [5, 5.41) is 12.2. The topological polar surface area (TPSA) is 106 Å². The quantitative estimate of drug-likeness (QED) is 0.190. The molecular formula is C24H32N2O6. The minimum atomic E-state index is -0.590. The second-order valence-corrected chi connectivity index (χ2v) is 7.48. The first-order valence-corrected chi connectivity index (χ1v) is 10.6. The highest BCUT2D eigenvalue weighted by atomic mass is 16.7. The number of hydrogen-bond donors (Lipinski definition) is 3. The molecule has 0 aliphatic heterocycles. The lowest BCUT2D eigenvalue weighted by Gasteiger charge is -2.24. The van der Waals surface area contributed by atoms with E-state index in [1.165, 1.54) is 0 Å². The van der Waals surface area contributed by atoms with Gasteiger partial charge < -0.3 is 19.5 Å². The van der Waals surface area contributed by atoms with Crippen molar-refractivity contribution >= 4 is 11.8 Å². The van der Waals surface area contributed by atoms with Crippen LogP contribution in [0.15, 0.2) is 48.5 Å². The predicted molar refractivity (Wildman–Crippen MR) is 120 cm³/mol. The van der Waals surface area contributed by atoms with Gasteiger partial charge in [-0.2, -0.15) is 0 Å². The number of carbonyl (C=O) groups is 2. The molecule has 2 amide bonds. The van der Waals surface area contributed by atoms with Crippen LogP contribution >= 0.6 is 0 Å². The van der Waals surface area contributed by atoms with Crippen molar-refractivity contribution < 1.29 is 29.0 Å². The van der Waals surface area contributed by atoms with Crippen molar-refractivity contribution in [1.82, 2.24) is 10.8 Å². The first-order chi connectivity index (χ1) is 15.5. The van der Waals surface area contributed by atoms with Crippen molar-refractivity contribution in [3.63, 3.8) is 0 Å². The third kappa shape index (κ3) is 8.30. The number of rotatable bonds is 13. The summed E-state index contributed by atoms with van der Waals surface area (Å²) < 4.78 is 15.9. The molecule has 3 N–H and O–H groups in total. The number of hydroxylamine groups is 1. The standard InChI is InChI=1S/C24H32N2O6/c1-4-31-16-32-15-21(25-23(27)19-9-5-17(2)6-10-19)14-20(24(28)26-29)13-18-7-11-22(30-3)12-8-18/h5-12,20-21,29H,4,13-16H2,1-3H3,(H,25,27)(H,26,28)/t20-,21-/m0/s1. The SMILES string of the molecule is CCOCOC[C@H](C[C@H](Cc1ccc(OC)cc1)C(=O)NO)NC(=O)c1ccc(C)cc1. The van der Waals surface area contributed by atoms with Crippen LogP contribution in [0, 0.1) is 12.8 Å². The number of ether oxygens (including phenoxy) is 3. The van der Waals surface area contributed by atoms with Gasteiger partial charge in [0.05, 0.1) is 19.8 Å². The van der Waals surface area contributed by atoms with E-state index in [-0.39, 0.29) is 25.7 Å². The lowest BCUT2D eigenvalue weighted by atomic mass is 9.92. The van der Waals surface area contributed by atoms with E-state index in [4.69, 9.17) is 14.2 Å². The van der Waals surface area contributed by atoms with E-state index in [9.17, 15) is 14.8 Å². The van der Waals surface area contributed by atoms with Crippen LogP contribution in [-0.2, 0) is 20.7 Å². The zero-order valence-corrected chi connectivity index (χ0v) is 18.8. The van der Waals surface area contributed by atoms with Crippen LogP contribution in [0.1, 0.15) is 34.8 Å². The maximum absolute atomic E-state index is 12.7. The molecule has 0 aromatic heterocycles. The Labute approximate surface area is 188 Å². The highest BCUT2D eigenvalue weighted by molar-refractivity contribution is 5.94. The number of aryl methyl sites for hydroxylation is 1. The van der Waals surface area contributed by atoms with Crippen LogP contribution in [0.3, 0.4) is 0 Å². The monoisotopic (exact) mass is 444 g/mol. The van der Waals surface area contributed by atoms with Gasteiger partial charge in [0.2, 0.25) is 5.91 Å². The van der Waals surface area contributed by atoms with Crippen LogP contribution in [0.25, 0.3) is 0 Å². The van der Waals surface area contributed by atoms with Gasteiger partial charge in [0, 0.05) is 18.1 Å². The summed E-state index contributed by atoms with van der Waals surface area (Å²) in [5.74, 6) is -0.667. The molecule has 2 rings (SSSR count). The molecule has 2 atom stereocenters. The number of nitrogens with one attached hydrogen (secondary N) is 2. The van der Waals surface area contributed by atoms with Gasteiger partial charge >= 0.3 is 0 Å². The first-order valence-electron chi connectivity index (χ1n) is 10.6. The lowest BCUT2D eigenvalue weighted by Crippen LogP contribution is -2.42. The van der Waals surface area contributed by atoms with Gasteiger partial charge in [-0.3, -0.25) is 14.8 Å².